The summed E-state index contributed by atoms with van der Waals surface area (Å²) in [6, 6.07) is 7.63. The van der Waals surface area contributed by atoms with Gasteiger partial charge in [-0.3, -0.25) is 9.59 Å². The number of amides is 2. The maximum atomic E-state index is 13.1. The summed E-state index contributed by atoms with van der Waals surface area (Å²) in [7, 11) is 0. The number of rotatable bonds is 5. The van der Waals surface area contributed by atoms with Crippen LogP contribution in [0.1, 0.15) is 71.3 Å². The second kappa shape index (κ2) is 10.3. The molecule has 1 saturated carbocycles. The molecule has 5 heteroatoms. The number of piperidine rings is 1. The van der Waals surface area contributed by atoms with Crippen molar-refractivity contribution in [1.82, 2.24) is 10.2 Å². The van der Waals surface area contributed by atoms with Crippen molar-refractivity contribution in [3.05, 3.63) is 34.9 Å². The van der Waals surface area contributed by atoms with E-state index in [2.05, 4.69) is 17.4 Å². The molecule has 156 valence electrons. The topological polar surface area (TPSA) is 49.4 Å². The van der Waals surface area contributed by atoms with Crippen molar-refractivity contribution < 1.29 is 9.59 Å². The molecular weight excluding hydrogens is 372 g/mol. The molecule has 3 rings (SSSR count). The number of nitrogens with one attached hydrogen (secondary N) is 1. The first-order valence-corrected chi connectivity index (χ1v) is 10.7. The fraction of sp³-hybridized carbons (Fsp3) is 0.652. The monoisotopic (exact) mass is 406 g/mol. The zero-order valence-electron chi connectivity index (χ0n) is 16.4. The average Bonchev–Trinajstić information content (AvgIpc) is 3.21. The van der Waals surface area contributed by atoms with Gasteiger partial charge in [-0.2, -0.15) is 0 Å². The SMILES string of the molecule is C.CC(C)[C@@H](NC(=O)C1CCCC1)C(=O)N1CCC(c2ccc(Cl)cc2)CC1. The third-order valence-electron chi connectivity index (χ3n) is 6.10. The molecule has 1 aromatic rings. The molecule has 2 aliphatic rings. The van der Waals surface area contributed by atoms with E-state index in [9.17, 15) is 9.59 Å². The number of hydrogen-bond donors (Lipinski definition) is 1. The summed E-state index contributed by atoms with van der Waals surface area (Å²) in [5.74, 6) is 0.796. The van der Waals surface area contributed by atoms with Crippen LogP contribution in [0, 0.1) is 11.8 Å². The van der Waals surface area contributed by atoms with E-state index in [4.69, 9.17) is 11.6 Å². The van der Waals surface area contributed by atoms with E-state index >= 15 is 0 Å². The van der Waals surface area contributed by atoms with Crippen molar-refractivity contribution in [3.63, 3.8) is 0 Å². The first-order chi connectivity index (χ1) is 13.0. The minimum absolute atomic E-state index is 0. The molecule has 1 atom stereocenters. The highest BCUT2D eigenvalue weighted by Gasteiger charge is 2.33. The molecule has 0 aromatic heterocycles. The number of likely N-dealkylation sites (tertiary alicyclic amines) is 1. The van der Waals surface area contributed by atoms with E-state index in [1.165, 1.54) is 5.56 Å². The van der Waals surface area contributed by atoms with Gasteiger partial charge in [0.05, 0.1) is 0 Å². The third-order valence-corrected chi connectivity index (χ3v) is 6.36. The van der Waals surface area contributed by atoms with Crippen molar-refractivity contribution >= 4 is 23.4 Å². The largest absolute Gasteiger partial charge is 0.344 e. The molecule has 1 aliphatic carbocycles. The zero-order chi connectivity index (χ0) is 19.4. The quantitative estimate of drug-likeness (QED) is 0.746. The molecule has 1 saturated heterocycles. The Labute approximate surface area is 175 Å². The van der Waals surface area contributed by atoms with Gasteiger partial charge in [-0.1, -0.05) is 57.8 Å². The molecule has 0 unspecified atom stereocenters. The summed E-state index contributed by atoms with van der Waals surface area (Å²) in [6.45, 7) is 5.51. The first kappa shape index (κ1) is 22.7. The molecule has 4 nitrogen and oxygen atoms in total. The van der Waals surface area contributed by atoms with Crippen molar-refractivity contribution in [1.29, 1.82) is 0 Å². The lowest BCUT2D eigenvalue weighted by molar-refractivity contribution is -0.139. The number of carbonyl (C=O) groups is 2. The Balaban J connectivity index is 0.00000280. The number of benzene rings is 1. The molecule has 0 bridgehead atoms. The second-order valence-electron chi connectivity index (χ2n) is 8.36. The highest BCUT2D eigenvalue weighted by Crippen LogP contribution is 2.30. The Hall–Kier alpha value is -1.55. The molecular formula is C23H35ClN2O2. The summed E-state index contributed by atoms with van der Waals surface area (Å²) >= 11 is 5.98. The van der Waals surface area contributed by atoms with Crippen LogP contribution < -0.4 is 5.32 Å². The van der Waals surface area contributed by atoms with Crippen LogP contribution in [0.15, 0.2) is 24.3 Å². The van der Waals surface area contributed by atoms with Crippen molar-refractivity contribution in [2.75, 3.05) is 13.1 Å². The summed E-state index contributed by atoms with van der Waals surface area (Å²) < 4.78 is 0. The summed E-state index contributed by atoms with van der Waals surface area (Å²) in [5, 5.41) is 3.81. The molecule has 0 spiro atoms. The van der Waals surface area contributed by atoms with Crippen LogP contribution in [0.4, 0.5) is 0 Å². The summed E-state index contributed by atoms with van der Waals surface area (Å²) in [6.07, 6.45) is 6.06. The lowest BCUT2D eigenvalue weighted by Gasteiger charge is -2.36. The summed E-state index contributed by atoms with van der Waals surface area (Å²) in [4.78, 5) is 27.5. The predicted octanol–water partition coefficient (Wildman–Crippen LogP) is 5.01. The minimum Gasteiger partial charge on any atom is -0.344 e. The molecule has 2 amide bonds. The fourth-order valence-corrected chi connectivity index (χ4v) is 4.46. The van der Waals surface area contributed by atoms with Crippen LogP contribution in [-0.4, -0.2) is 35.8 Å². The molecule has 1 heterocycles. The standard InChI is InChI=1S/C22H31ClN2O2.CH4/c1-15(2)20(24-21(26)18-5-3-4-6-18)22(27)25-13-11-17(12-14-25)16-7-9-19(23)10-8-16;/h7-10,15,17-18,20H,3-6,11-14H2,1-2H3,(H,24,26);1H4/t20-;/m1./s1. The number of hydrogen-bond acceptors (Lipinski definition) is 2. The highest BCUT2D eigenvalue weighted by molar-refractivity contribution is 6.30. The minimum atomic E-state index is -0.412. The van der Waals surface area contributed by atoms with Crippen molar-refractivity contribution in [3.8, 4) is 0 Å². The Kier molecular flexibility index (Phi) is 8.36. The van der Waals surface area contributed by atoms with Crippen LogP contribution >= 0.6 is 11.6 Å². The van der Waals surface area contributed by atoms with Gasteiger partial charge in [-0.15, -0.1) is 0 Å². The van der Waals surface area contributed by atoms with Gasteiger partial charge in [-0.05, 0) is 55.2 Å². The maximum absolute atomic E-state index is 13.1. The molecule has 2 fully saturated rings. The lowest BCUT2D eigenvalue weighted by atomic mass is 9.89. The Bertz CT molecular complexity index is 645. The second-order valence-corrected chi connectivity index (χ2v) is 8.80. The number of nitrogens with zero attached hydrogens (tertiary/aromatic N) is 1. The molecule has 1 aliphatic heterocycles. The Morgan fingerprint density at radius 2 is 1.61 bits per heavy atom. The molecule has 1 aromatic carbocycles. The number of carbonyl (C=O) groups excluding carboxylic acids is 2. The van der Waals surface area contributed by atoms with Gasteiger partial charge >= 0.3 is 0 Å². The predicted molar refractivity (Wildman–Crippen MR) is 115 cm³/mol. The van der Waals surface area contributed by atoms with E-state index in [-0.39, 0.29) is 31.1 Å². The first-order valence-electron chi connectivity index (χ1n) is 10.3. The van der Waals surface area contributed by atoms with Crippen LogP contribution in [0.3, 0.4) is 0 Å². The van der Waals surface area contributed by atoms with Crippen LogP contribution in [0.25, 0.3) is 0 Å². The van der Waals surface area contributed by atoms with Gasteiger partial charge in [0.1, 0.15) is 6.04 Å². The number of halogens is 1. The van der Waals surface area contributed by atoms with Gasteiger partial charge in [0.15, 0.2) is 0 Å². The third kappa shape index (κ3) is 5.50. The van der Waals surface area contributed by atoms with Crippen LogP contribution in [0.5, 0.6) is 0 Å². The molecule has 1 N–H and O–H groups in total. The maximum Gasteiger partial charge on any atom is 0.245 e. The van der Waals surface area contributed by atoms with Crippen LogP contribution in [-0.2, 0) is 9.59 Å². The fourth-order valence-electron chi connectivity index (χ4n) is 4.34. The lowest BCUT2D eigenvalue weighted by Crippen LogP contribution is -2.53. The highest BCUT2D eigenvalue weighted by atomic mass is 35.5. The smallest absolute Gasteiger partial charge is 0.245 e. The van der Waals surface area contributed by atoms with Gasteiger partial charge in [0.2, 0.25) is 11.8 Å². The van der Waals surface area contributed by atoms with E-state index in [1.54, 1.807) is 0 Å². The van der Waals surface area contributed by atoms with E-state index in [0.717, 1.165) is 56.6 Å². The molecule has 0 radical (unpaired) electrons. The van der Waals surface area contributed by atoms with Crippen molar-refractivity contribution in [2.45, 2.75) is 71.8 Å². The van der Waals surface area contributed by atoms with Crippen LogP contribution in [0.2, 0.25) is 5.02 Å². The average molecular weight is 407 g/mol. The Morgan fingerprint density at radius 3 is 2.14 bits per heavy atom. The van der Waals surface area contributed by atoms with E-state index in [1.807, 2.05) is 30.9 Å². The zero-order valence-corrected chi connectivity index (χ0v) is 17.2. The van der Waals surface area contributed by atoms with Gasteiger partial charge in [0.25, 0.3) is 0 Å². The van der Waals surface area contributed by atoms with Gasteiger partial charge in [-0.25, -0.2) is 0 Å². The van der Waals surface area contributed by atoms with Gasteiger partial charge < -0.3 is 10.2 Å². The normalized spacial score (nSPS) is 19.4. The van der Waals surface area contributed by atoms with E-state index in [0.29, 0.717) is 5.92 Å². The van der Waals surface area contributed by atoms with E-state index < -0.39 is 6.04 Å². The van der Waals surface area contributed by atoms with Gasteiger partial charge in [0, 0.05) is 24.0 Å². The van der Waals surface area contributed by atoms with Crippen molar-refractivity contribution in [2.24, 2.45) is 11.8 Å². The Morgan fingerprint density at radius 1 is 1.04 bits per heavy atom. The summed E-state index contributed by atoms with van der Waals surface area (Å²) in [5.41, 5.74) is 1.29. The molecule has 28 heavy (non-hydrogen) atoms.